The molecule has 0 aromatic carbocycles. The third kappa shape index (κ3) is 0.842. The standard InChI is InChI=1S/C6H5Cl2NO/c1-3-4(7)5(8)6(10)9(3)2/h1H2,2H3. The summed E-state index contributed by atoms with van der Waals surface area (Å²) in [6, 6.07) is 0. The fraction of sp³-hybridized carbons (Fsp3) is 0.167. The van der Waals surface area contributed by atoms with Gasteiger partial charge in [0, 0.05) is 7.05 Å². The molecular weight excluding hydrogens is 173 g/mol. The first-order valence-electron chi connectivity index (χ1n) is 2.58. The van der Waals surface area contributed by atoms with E-state index in [9.17, 15) is 4.79 Å². The second kappa shape index (κ2) is 2.29. The Morgan fingerprint density at radius 3 is 2.00 bits per heavy atom. The number of rotatable bonds is 0. The Morgan fingerprint density at radius 1 is 1.40 bits per heavy atom. The van der Waals surface area contributed by atoms with E-state index in [2.05, 4.69) is 6.58 Å². The highest BCUT2D eigenvalue weighted by molar-refractivity contribution is 6.50. The van der Waals surface area contributed by atoms with Crippen LogP contribution in [0, 0.1) is 0 Å². The maximum absolute atomic E-state index is 10.9. The van der Waals surface area contributed by atoms with E-state index in [0.29, 0.717) is 5.70 Å². The van der Waals surface area contributed by atoms with Crippen LogP contribution in [-0.2, 0) is 4.79 Å². The average Bonchev–Trinajstić information content (AvgIpc) is 2.07. The summed E-state index contributed by atoms with van der Waals surface area (Å²) in [4.78, 5) is 12.2. The van der Waals surface area contributed by atoms with Gasteiger partial charge in [0.05, 0.1) is 10.7 Å². The molecule has 0 fully saturated rings. The van der Waals surface area contributed by atoms with E-state index in [1.807, 2.05) is 0 Å². The van der Waals surface area contributed by atoms with E-state index in [1.54, 1.807) is 7.05 Å². The van der Waals surface area contributed by atoms with Crippen LogP contribution in [0.4, 0.5) is 0 Å². The average molecular weight is 178 g/mol. The maximum Gasteiger partial charge on any atom is 0.271 e. The van der Waals surface area contributed by atoms with Gasteiger partial charge in [-0.15, -0.1) is 0 Å². The monoisotopic (exact) mass is 177 g/mol. The van der Waals surface area contributed by atoms with Gasteiger partial charge in [-0.2, -0.15) is 0 Å². The van der Waals surface area contributed by atoms with Gasteiger partial charge in [-0.3, -0.25) is 4.79 Å². The highest BCUT2D eigenvalue weighted by Gasteiger charge is 2.28. The number of halogens is 2. The molecule has 0 saturated heterocycles. The molecular formula is C6H5Cl2NO. The van der Waals surface area contributed by atoms with Crippen LogP contribution in [0.15, 0.2) is 22.3 Å². The summed E-state index contributed by atoms with van der Waals surface area (Å²) in [5.41, 5.74) is 0.455. The first-order valence-corrected chi connectivity index (χ1v) is 3.34. The summed E-state index contributed by atoms with van der Waals surface area (Å²) in [6.07, 6.45) is 0. The zero-order chi connectivity index (χ0) is 7.89. The van der Waals surface area contributed by atoms with E-state index in [1.165, 1.54) is 4.90 Å². The molecule has 0 radical (unpaired) electrons. The van der Waals surface area contributed by atoms with Gasteiger partial charge in [0.1, 0.15) is 5.03 Å². The minimum Gasteiger partial charge on any atom is -0.310 e. The zero-order valence-corrected chi connectivity index (χ0v) is 6.83. The van der Waals surface area contributed by atoms with Gasteiger partial charge >= 0.3 is 0 Å². The topological polar surface area (TPSA) is 20.3 Å². The molecule has 1 aliphatic rings. The van der Waals surface area contributed by atoms with Gasteiger partial charge in [0.15, 0.2) is 0 Å². The second-order valence-corrected chi connectivity index (χ2v) is 2.69. The Hall–Kier alpha value is -0.470. The van der Waals surface area contributed by atoms with Crippen LogP contribution in [0.25, 0.3) is 0 Å². The molecule has 10 heavy (non-hydrogen) atoms. The van der Waals surface area contributed by atoms with Crippen LogP contribution in [0.5, 0.6) is 0 Å². The van der Waals surface area contributed by atoms with Crippen LogP contribution >= 0.6 is 23.2 Å². The lowest BCUT2D eigenvalue weighted by Gasteiger charge is -2.08. The zero-order valence-electron chi connectivity index (χ0n) is 5.32. The van der Waals surface area contributed by atoms with Crippen molar-refractivity contribution in [3.63, 3.8) is 0 Å². The van der Waals surface area contributed by atoms with Gasteiger partial charge in [-0.25, -0.2) is 0 Å². The molecule has 1 heterocycles. The number of hydrogen-bond acceptors (Lipinski definition) is 1. The second-order valence-electron chi connectivity index (χ2n) is 1.94. The molecule has 54 valence electrons. The van der Waals surface area contributed by atoms with E-state index < -0.39 is 0 Å². The molecule has 0 saturated carbocycles. The van der Waals surface area contributed by atoms with Crippen molar-refractivity contribution in [1.29, 1.82) is 0 Å². The Bertz CT molecular complexity index is 220. The first kappa shape index (κ1) is 7.63. The lowest BCUT2D eigenvalue weighted by Crippen LogP contribution is -2.18. The van der Waals surface area contributed by atoms with E-state index in [-0.39, 0.29) is 16.0 Å². The number of nitrogens with zero attached hydrogens (tertiary/aromatic N) is 1. The van der Waals surface area contributed by atoms with Crippen LogP contribution < -0.4 is 0 Å². The Kier molecular flexibility index (Phi) is 1.75. The van der Waals surface area contributed by atoms with Gasteiger partial charge in [0.25, 0.3) is 5.91 Å². The summed E-state index contributed by atoms with van der Waals surface area (Å²) in [7, 11) is 1.57. The van der Waals surface area contributed by atoms with Crippen molar-refractivity contribution in [3.05, 3.63) is 22.3 Å². The normalized spacial score (nSPS) is 19.3. The predicted molar refractivity (Wildman–Crippen MR) is 40.6 cm³/mol. The summed E-state index contributed by atoms with van der Waals surface area (Å²) < 4.78 is 0. The van der Waals surface area contributed by atoms with Crippen molar-refractivity contribution >= 4 is 29.1 Å². The molecule has 0 atom stereocenters. The van der Waals surface area contributed by atoms with Crippen molar-refractivity contribution < 1.29 is 4.79 Å². The number of likely N-dealkylation sites (N-methyl/N-ethyl adjacent to an activating group) is 1. The maximum atomic E-state index is 10.9. The fourth-order valence-corrected chi connectivity index (χ4v) is 1.08. The molecule has 1 amide bonds. The van der Waals surface area contributed by atoms with Gasteiger partial charge in [0.2, 0.25) is 0 Å². The molecule has 0 N–H and O–H groups in total. The van der Waals surface area contributed by atoms with Crippen LogP contribution in [0.1, 0.15) is 0 Å². The molecule has 0 spiro atoms. The minimum atomic E-state index is -0.295. The van der Waals surface area contributed by atoms with Crippen molar-refractivity contribution in [2.75, 3.05) is 7.05 Å². The highest BCUT2D eigenvalue weighted by atomic mass is 35.5. The molecule has 0 bridgehead atoms. The Morgan fingerprint density at radius 2 is 1.90 bits per heavy atom. The third-order valence-corrected chi connectivity index (χ3v) is 2.20. The summed E-state index contributed by atoms with van der Waals surface area (Å²) >= 11 is 11.1. The highest BCUT2D eigenvalue weighted by Crippen LogP contribution is 2.31. The van der Waals surface area contributed by atoms with Gasteiger partial charge in [-0.1, -0.05) is 29.8 Å². The molecule has 0 aliphatic carbocycles. The molecule has 0 aromatic heterocycles. The molecule has 0 aromatic rings. The molecule has 2 nitrogen and oxygen atoms in total. The predicted octanol–water partition coefficient (Wildman–Crippen LogP) is 1.66. The number of allylic oxidation sites excluding steroid dienone is 1. The number of hydrogen-bond donors (Lipinski definition) is 0. The number of amides is 1. The van der Waals surface area contributed by atoms with E-state index >= 15 is 0 Å². The molecule has 4 heteroatoms. The third-order valence-electron chi connectivity index (χ3n) is 1.34. The smallest absolute Gasteiger partial charge is 0.271 e. The summed E-state index contributed by atoms with van der Waals surface area (Å²) in [6.45, 7) is 3.55. The van der Waals surface area contributed by atoms with Crippen LogP contribution in [0.2, 0.25) is 0 Å². The van der Waals surface area contributed by atoms with E-state index in [0.717, 1.165) is 0 Å². The molecule has 1 aliphatic heterocycles. The Balaban J connectivity index is 3.11. The lowest BCUT2D eigenvalue weighted by molar-refractivity contribution is -0.122. The number of carbonyl (C=O) groups excluding carboxylic acids is 1. The van der Waals surface area contributed by atoms with Crippen molar-refractivity contribution in [1.82, 2.24) is 4.90 Å². The Labute approximate surface area is 68.7 Å². The van der Waals surface area contributed by atoms with Gasteiger partial charge < -0.3 is 4.90 Å². The SMILES string of the molecule is C=C1C(Cl)=C(Cl)C(=O)N1C. The largest absolute Gasteiger partial charge is 0.310 e. The van der Waals surface area contributed by atoms with Crippen LogP contribution in [0.3, 0.4) is 0 Å². The van der Waals surface area contributed by atoms with Gasteiger partial charge in [-0.05, 0) is 0 Å². The fourth-order valence-electron chi connectivity index (χ4n) is 0.638. The number of carbonyl (C=O) groups is 1. The first-order chi connectivity index (χ1) is 4.55. The molecule has 0 unspecified atom stereocenters. The van der Waals surface area contributed by atoms with Crippen molar-refractivity contribution in [2.45, 2.75) is 0 Å². The summed E-state index contributed by atoms with van der Waals surface area (Å²) in [5, 5.41) is 0.295. The molecule has 1 rings (SSSR count). The van der Waals surface area contributed by atoms with Crippen molar-refractivity contribution in [3.8, 4) is 0 Å². The lowest BCUT2D eigenvalue weighted by atomic mass is 10.5. The quantitative estimate of drug-likeness (QED) is 0.552. The minimum absolute atomic E-state index is 0.0502. The summed E-state index contributed by atoms with van der Waals surface area (Å²) in [5.74, 6) is -0.295. The van der Waals surface area contributed by atoms with E-state index in [4.69, 9.17) is 23.2 Å². The van der Waals surface area contributed by atoms with Crippen molar-refractivity contribution in [2.24, 2.45) is 0 Å². The van der Waals surface area contributed by atoms with Crippen LogP contribution in [-0.4, -0.2) is 17.9 Å².